The van der Waals surface area contributed by atoms with Crippen LogP contribution in [0.3, 0.4) is 0 Å². The quantitative estimate of drug-likeness (QED) is 0.550. The maximum absolute atomic E-state index is 11.8. The van der Waals surface area contributed by atoms with Crippen LogP contribution in [0.5, 0.6) is 0 Å². The van der Waals surface area contributed by atoms with E-state index in [0.717, 1.165) is 22.2 Å². The third kappa shape index (κ3) is 2.82. The molecule has 130 valence electrons. The van der Waals surface area contributed by atoms with Gasteiger partial charge in [0.1, 0.15) is 11.1 Å². The number of carboxylic acid groups (broad SMARTS) is 1. The van der Waals surface area contributed by atoms with Crippen molar-refractivity contribution in [3.8, 4) is 0 Å². The molecular formula is C20H16N2O4. The summed E-state index contributed by atoms with van der Waals surface area (Å²) in [6, 6.07) is 15.0. The van der Waals surface area contributed by atoms with Gasteiger partial charge in [-0.25, -0.2) is 9.59 Å². The summed E-state index contributed by atoms with van der Waals surface area (Å²) in [4.78, 5) is 28.0. The molecule has 0 saturated carbocycles. The Bertz CT molecular complexity index is 1190. The monoisotopic (exact) mass is 348 g/mol. The maximum Gasteiger partial charge on any atom is 0.351 e. The van der Waals surface area contributed by atoms with E-state index in [1.165, 1.54) is 6.07 Å². The van der Waals surface area contributed by atoms with Gasteiger partial charge in [0.15, 0.2) is 0 Å². The zero-order valence-electron chi connectivity index (χ0n) is 14.0. The molecule has 0 radical (unpaired) electrons. The first-order valence-corrected chi connectivity index (χ1v) is 8.09. The van der Waals surface area contributed by atoms with Crippen LogP contribution in [0.2, 0.25) is 0 Å². The number of aromatic amines is 1. The van der Waals surface area contributed by atoms with Crippen LogP contribution >= 0.6 is 0 Å². The molecule has 0 fully saturated rings. The van der Waals surface area contributed by atoms with Crippen LogP contribution < -0.4 is 10.5 Å². The largest absolute Gasteiger partial charge is 0.477 e. The number of hydrogen-bond acceptors (Lipinski definition) is 4. The molecule has 0 saturated heterocycles. The van der Waals surface area contributed by atoms with Gasteiger partial charge in [0, 0.05) is 42.4 Å². The number of carbonyl (C=O) groups is 1. The van der Waals surface area contributed by atoms with Gasteiger partial charge >= 0.3 is 11.6 Å². The summed E-state index contributed by atoms with van der Waals surface area (Å²) in [6.45, 7) is 0.685. The molecule has 0 aliphatic rings. The van der Waals surface area contributed by atoms with E-state index < -0.39 is 11.6 Å². The highest BCUT2D eigenvalue weighted by Gasteiger charge is 2.13. The van der Waals surface area contributed by atoms with Crippen LogP contribution in [0.25, 0.3) is 21.9 Å². The van der Waals surface area contributed by atoms with Gasteiger partial charge in [0.05, 0.1) is 0 Å². The fraction of sp³-hybridized carbons (Fsp3) is 0.100. The van der Waals surface area contributed by atoms with Gasteiger partial charge < -0.3 is 19.4 Å². The van der Waals surface area contributed by atoms with Gasteiger partial charge in [-0.05, 0) is 47.3 Å². The van der Waals surface area contributed by atoms with Gasteiger partial charge in [-0.1, -0.05) is 6.07 Å². The van der Waals surface area contributed by atoms with Crippen LogP contribution in [0.1, 0.15) is 15.9 Å². The van der Waals surface area contributed by atoms with E-state index in [1.807, 2.05) is 36.3 Å². The molecular weight excluding hydrogens is 332 g/mol. The van der Waals surface area contributed by atoms with Crippen molar-refractivity contribution < 1.29 is 14.3 Å². The van der Waals surface area contributed by atoms with Gasteiger partial charge in [-0.15, -0.1) is 0 Å². The summed E-state index contributed by atoms with van der Waals surface area (Å²) in [7, 11) is 1.95. The van der Waals surface area contributed by atoms with Crippen LogP contribution in [-0.4, -0.2) is 23.1 Å². The lowest BCUT2D eigenvalue weighted by molar-refractivity contribution is 0.0692. The maximum atomic E-state index is 11.8. The number of H-pyrrole nitrogens is 1. The van der Waals surface area contributed by atoms with Crippen LogP contribution in [0.15, 0.2) is 63.9 Å². The minimum absolute atomic E-state index is 0.363. The summed E-state index contributed by atoms with van der Waals surface area (Å²) in [5.41, 5.74) is 2.28. The highest BCUT2D eigenvalue weighted by molar-refractivity contribution is 5.92. The first-order valence-electron chi connectivity index (χ1n) is 8.09. The van der Waals surface area contributed by atoms with Crippen molar-refractivity contribution in [2.24, 2.45) is 0 Å². The minimum Gasteiger partial charge on any atom is -0.477 e. The molecule has 0 unspecified atom stereocenters. The van der Waals surface area contributed by atoms with Crippen LogP contribution in [0.4, 0.5) is 5.69 Å². The molecule has 6 nitrogen and oxygen atoms in total. The third-order valence-electron chi connectivity index (χ3n) is 4.43. The van der Waals surface area contributed by atoms with Crippen LogP contribution in [-0.2, 0) is 6.54 Å². The van der Waals surface area contributed by atoms with Crippen molar-refractivity contribution in [2.75, 3.05) is 11.9 Å². The lowest BCUT2D eigenvalue weighted by Gasteiger charge is -2.19. The van der Waals surface area contributed by atoms with E-state index in [-0.39, 0.29) is 5.56 Å². The Morgan fingerprint density at radius 2 is 1.96 bits per heavy atom. The normalized spacial score (nSPS) is 11.1. The van der Waals surface area contributed by atoms with Crippen molar-refractivity contribution in [1.29, 1.82) is 0 Å². The van der Waals surface area contributed by atoms with E-state index in [9.17, 15) is 9.59 Å². The number of hydrogen-bond donors (Lipinski definition) is 2. The predicted molar refractivity (Wildman–Crippen MR) is 99.8 cm³/mol. The SMILES string of the molecule is CN(Cc1ccc2[nH]ccc2c1)c1ccc2cc(C(=O)O)c(=O)oc2c1. The average molecular weight is 348 g/mol. The fourth-order valence-corrected chi connectivity index (χ4v) is 3.05. The second-order valence-electron chi connectivity index (χ2n) is 6.23. The van der Waals surface area contributed by atoms with Gasteiger partial charge in [0.25, 0.3) is 0 Å². The molecule has 0 amide bonds. The molecule has 0 aliphatic heterocycles. The summed E-state index contributed by atoms with van der Waals surface area (Å²) in [5, 5.41) is 10.8. The Morgan fingerprint density at radius 1 is 1.12 bits per heavy atom. The van der Waals surface area contributed by atoms with E-state index >= 15 is 0 Å². The molecule has 4 rings (SSSR count). The zero-order chi connectivity index (χ0) is 18.3. The molecule has 6 heteroatoms. The third-order valence-corrected chi connectivity index (χ3v) is 4.43. The molecule has 0 bridgehead atoms. The second-order valence-corrected chi connectivity index (χ2v) is 6.23. The molecule has 2 heterocycles. The molecule has 0 spiro atoms. The smallest absolute Gasteiger partial charge is 0.351 e. The Labute approximate surface area is 148 Å². The standard InChI is InChI=1S/C20H16N2O4/c1-22(11-12-2-5-17-13(8-12)6-7-21-17)15-4-3-14-9-16(19(23)24)20(25)26-18(14)10-15/h2-10,21H,11H2,1H3,(H,23,24). The molecule has 2 N–H and O–H groups in total. The summed E-state index contributed by atoms with van der Waals surface area (Å²) < 4.78 is 5.18. The number of nitrogens with zero attached hydrogens (tertiary/aromatic N) is 1. The molecule has 0 atom stereocenters. The minimum atomic E-state index is -1.29. The number of carboxylic acids is 1. The number of rotatable bonds is 4. The van der Waals surface area contributed by atoms with Gasteiger partial charge in [0.2, 0.25) is 0 Å². The Balaban J connectivity index is 1.65. The van der Waals surface area contributed by atoms with Gasteiger partial charge in [-0.3, -0.25) is 0 Å². The first-order chi connectivity index (χ1) is 12.5. The van der Waals surface area contributed by atoms with Crippen molar-refractivity contribution in [3.05, 3.63) is 76.3 Å². The number of aromatic carboxylic acids is 1. The topological polar surface area (TPSA) is 86.5 Å². The summed E-state index contributed by atoms with van der Waals surface area (Å²) in [5.74, 6) is -1.29. The highest BCUT2D eigenvalue weighted by Crippen LogP contribution is 2.23. The Kier molecular flexibility index (Phi) is 3.73. The zero-order valence-corrected chi connectivity index (χ0v) is 14.0. The van der Waals surface area contributed by atoms with E-state index in [1.54, 1.807) is 12.1 Å². The first kappa shape index (κ1) is 16.0. The van der Waals surface area contributed by atoms with Crippen molar-refractivity contribution in [2.45, 2.75) is 6.54 Å². The number of anilines is 1. The predicted octanol–water partition coefficient (Wildman–Crippen LogP) is 3.61. The number of nitrogens with one attached hydrogen (secondary N) is 1. The summed E-state index contributed by atoms with van der Waals surface area (Å²) >= 11 is 0. The van der Waals surface area contributed by atoms with Crippen molar-refractivity contribution >= 4 is 33.5 Å². The Morgan fingerprint density at radius 3 is 2.77 bits per heavy atom. The lowest BCUT2D eigenvalue weighted by Crippen LogP contribution is -2.16. The van der Waals surface area contributed by atoms with E-state index in [2.05, 4.69) is 17.1 Å². The number of aromatic nitrogens is 1. The molecule has 2 aromatic carbocycles. The van der Waals surface area contributed by atoms with E-state index in [4.69, 9.17) is 9.52 Å². The highest BCUT2D eigenvalue weighted by atomic mass is 16.4. The molecule has 0 aliphatic carbocycles. The van der Waals surface area contributed by atoms with Crippen LogP contribution in [0, 0.1) is 0 Å². The fourth-order valence-electron chi connectivity index (χ4n) is 3.05. The molecule has 26 heavy (non-hydrogen) atoms. The molecule has 4 aromatic rings. The van der Waals surface area contributed by atoms with E-state index in [0.29, 0.717) is 17.5 Å². The summed E-state index contributed by atoms with van der Waals surface area (Å²) in [6.07, 6.45) is 1.91. The number of benzene rings is 2. The molecule has 2 aromatic heterocycles. The Hall–Kier alpha value is -3.54. The average Bonchev–Trinajstić information content (AvgIpc) is 3.08. The number of fused-ring (bicyclic) bond motifs is 2. The van der Waals surface area contributed by atoms with Crippen molar-refractivity contribution in [3.63, 3.8) is 0 Å². The second kappa shape index (κ2) is 6.07. The van der Waals surface area contributed by atoms with Crippen molar-refractivity contribution in [1.82, 2.24) is 4.98 Å². The van der Waals surface area contributed by atoms with Gasteiger partial charge in [-0.2, -0.15) is 0 Å². The lowest BCUT2D eigenvalue weighted by atomic mass is 10.1.